The number of carbonyl (C=O) groups excluding carboxylic acids is 4. The Kier molecular flexibility index (Phi) is 9.68. The summed E-state index contributed by atoms with van der Waals surface area (Å²) in [4.78, 5) is 55.8. The second-order valence-corrected chi connectivity index (χ2v) is 10.3. The third-order valence-corrected chi connectivity index (χ3v) is 8.00. The molecule has 8 nitrogen and oxygen atoms in total. The van der Waals surface area contributed by atoms with Crippen molar-refractivity contribution in [2.45, 2.75) is 19.8 Å². The van der Waals surface area contributed by atoms with Gasteiger partial charge in [-0.05, 0) is 30.5 Å². The van der Waals surface area contributed by atoms with Crippen molar-refractivity contribution in [1.29, 1.82) is 0 Å². The standard InChI is InChI=1S/C33H36N2O6/c1-22-12-11-17-26(23(22)2)29-27(30(36)24-13-7-5-8-14-24)20-34(18-19-35(32(38)40-3)33(39)41-4)21-28(29)31(37)25-15-9-6-10-16-25/h5-17,27-29H,18-21H2,1-4H3. The smallest absolute Gasteiger partial charge is 0.419 e. The fourth-order valence-electron chi connectivity index (χ4n) is 5.73. The molecule has 1 fully saturated rings. The average Bonchev–Trinajstić information content (AvgIpc) is 3.01. The maximum Gasteiger partial charge on any atom is 0.419 e. The first-order chi connectivity index (χ1) is 19.8. The van der Waals surface area contributed by atoms with E-state index in [-0.39, 0.29) is 30.6 Å². The quantitative estimate of drug-likeness (QED) is 0.337. The molecule has 8 heteroatoms. The van der Waals surface area contributed by atoms with Gasteiger partial charge in [0.1, 0.15) is 0 Å². The third-order valence-electron chi connectivity index (χ3n) is 8.00. The van der Waals surface area contributed by atoms with Crippen molar-refractivity contribution in [2.75, 3.05) is 40.4 Å². The van der Waals surface area contributed by atoms with Gasteiger partial charge in [-0.1, -0.05) is 78.9 Å². The number of nitrogens with zero attached hydrogens (tertiary/aromatic N) is 2. The summed E-state index contributed by atoms with van der Waals surface area (Å²) in [5, 5.41) is 0. The molecule has 3 aromatic carbocycles. The summed E-state index contributed by atoms with van der Waals surface area (Å²) in [6.07, 6.45) is -1.67. The van der Waals surface area contributed by atoms with Crippen LogP contribution in [0.4, 0.5) is 9.59 Å². The Bertz CT molecular complexity index is 1310. The van der Waals surface area contributed by atoms with Gasteiger partial charge in [0.25, 0.3) is 0 Å². The van der Waals surface area contributed by atoms with Crippen molar-refractivity contribution < 1.29 is 28.7 Å². The van der Waals surface area contributed by atoms with Gasteiger partial charge in [0.15, 0.2) is 11.6 Å². The Morgan fingerprint density at radius 2 is 1.22 bits per heavy atom. The van der Waals surface area contributed by atoms with E-state index >= 15 is 0 Å². The molecule has 4 rings (SSSR count). The highest BCUT2D eigenvalue weighted by molar-refractivity contribution is 6.02. The van der Waals surface area contributed by atoms with Crippen molar-refractivity contribution in [1.82, 2.24) is 9.80 Å². The molecule has 0 N–H and O–H groups in total. The lowest BCUT2D eigenvalue weighted by molar-refractivity contribution is 0.0524. The van der Waals surface area contributed by atoms with E-state index in [1.165, 1.54) is 14.2 Å². The molecule has 0 spiro atoms. The van der Waals surface area contributed by atoms with Gasteiger partial charge in [-0.2, -0.15) is 0 Å². The molecular formula is C33H36N2O6. The van der Waals surface area contributed by atoms with Gasteiger partial charge in [-0.15, -0.1) is 0 Å². The third kappa shape index (κ3) is 6.55. The minimum atomic E-state index is -0.837. The first-order valence-corrected chi connectivity index (χ1v) is 13.7. The van der Waals surface area contributed by atoms with Crippen LogP contribution in [0, 0.1) is 25.7 Å². The Morgan fingerprint density at radius 1 is 0.732 bits per heavy atom. The van der Waals surface area contributed by atoms with Gasteiger partial charge < -0.3 is 14.4 Å². The number of piperidine rings is 1. The van der Waals surface area contributed by atoms with Crippen LogP contribution in [0.1, 0.15) is 43.3 Å². The first-order valence-electron chi connectivity index (χ1n) is 13.7. The summed E-state index contributed by atoms with van der Waals surface area (Å²) in [5.41, 5.74) is 4.29. The Morgan fingerprint density at radius 3 is 1.68 bits per heavy atom. The number of rotatable bonds is 8. The number of carbonyl (C=O) groups is 4. The molecule has 2 unspecified atom stereocenters. The number of aryl methyl sites for hydroxylation is 1. The van der Waals surface area contributed by atoms with Gasteiger partial charge in [-0.25, -0.2) is 14.5 Å². The minimum absolute atomic E-state index is 0.0218. The zero-order valence-corrected chi connectivity index (χ0v) is 23.9. The number of Topliss-reactive ketones (excluding diaryl/α,β-unsaturated/α-hetero) is 2. The molecule has 2 amide bonds. The van der Waals surface area contributed by atoms with Gasteiger partial charge in [0.2, 0.25) is 0 Å². The lowest BCUT2D eigenvalue weighted by Gasteiger charge is -2.44. The monoisotopic (exact) mass is 556 g/mol. The Labute approximate surface area is 240 Å². The summed E-state index contributed by atoms with van der Waals surface area (Å²) in [6.45, 7) is 4.98. The number of hydrogen-bond acceptors (Lipinski definition) is 7. The molecule has 0 aromatic heterocycles. The van der Waals surface area contributed by atoms with Crippen molar-refractivity contribution in [2.24, 2.45) is 11.8 Å². The molecule has 0 saturated carbocycles. The van der Waals surface area contributed by atoms with Crippen LogP contribution in [-0.4, -0.2) is 74.0 Å². The number of ketones is 2. The van der Waals surface area contributed by atoms with Gasteiger partial charge in [0, 0.05) is 55.1 Å². The van der Waals surface area contributed by atoms with E-state index in [0.29, 0.717) is 24.2 Å². The number of hydrogen-bond donors (Lipinski definition) is 0. The highest BCUT2D eigenvalue weighted by Crippen LogP contribution is 2.42. The number of amides is 2. The van der Waals surface area contributed by atoms with E-state index in [9.17, 15) is 19.2 Å². The van der Waals surface area contributed by atoms with Crippen LogP contribution in [0.2, 0.25) is 0 Å². The molecule has 1 aliphatic rings. The van der Waals surface area contributed by atoms with Crippen molar-refractivity contribution in [3.05, 3.63) is 107 Å². The van der Waals surface area contributed by atoms with E-state index in [1.54, 1.807) is 24.3 Å². The van der Waals surface area contributed by atoms with Crippen molar-refractivity contribution in [3.8, 4) is 0 Å². The molecule has 0 aliphatic carbocycles. The number of ether oxygens (including phenoxy) is 2. The molecule has 2 atom stereocenters. The molecule has 0 bridgehead atoms. The SMILES string of the molecule is COC(=O)N(CCN1CC(C(=O)c2ccccc2)C(c2cccc(C)c2C)C(C(=O)c2ccccc2)C1)C(=O)OC. The molecule has 1 saturated heterocycles. The maximum absolute atomic E-state index is 14.2. The molecule has 0 radical (unpaired) electrons. The van der Waals surface area contributed by atoms with Crippen LogP contribution in [0.3, 0.4) is 0 Å². The second-order valence-electron chi connectivity index (χ2n) is 10.3. The summed E-state index contributed by atoms with van der Waals surface area (Å²) in [5.74, 6) is -1.57. The van der Waals surface area contributed by atoms with Crippen LogP contribution < -0.4 is 0 Å². The summed E-state index contributed by atoms with van der Waals surface area (Å²) in [7, 11) is 2.38. The molecule has 1 heterocycles. The number of imide groups is 1. The molecule has 1 aliphatic heterocycles. The van der Waals surface area contributed by atoms with Crippen LogP contribution >= 0.6 is 0 Å². The topological polar surface area (TPSA) is 93.2 Å². The van der Waals surface area contributed by atoms with Crippen LogP contribution in [0.25, 0.3) is 0 Å². The van der Waals surface area contributed by atoms with Crippen LogP contribution in [0.15, 0.2) is 78.9 Å². The predicted octanol–water partition coefficient (Wildman–Crippen LogP) is 5.54. The summed E-state index contributed by atoms with van der Waals surface area (Å²) in [6, 6.07) is 24.3. The van der Waals surface area contributed by atoms with Crippen molar-refractivity contribution in [3.63, 3.8) is 0 Å². The fraction of sp³-hybridized carbons (Fsp3) is 0.333. The van der Waals surface area contributed by atoms with E-state index in [2.05, 4.69) is 0 Å². The lowest BCUT2D eigenvalue weighted by atomic mass is 9.67. The first kappa shape index (κ1) is 29.7. The van der Waals surface area contributed by atoms with E-state index in [1.807, 2.05) is 73.3 Å². The number of methoxy groups -OCH3 is 2. The van der Waals surface area contributed by atoms with Gasteiger partial charge >= 0.3 is 12.2 Å². The van der Waals surface area contributed by atoms with Gasteiger partial charge in [-0.3, -0.25) is 9.59 Å². The highest BCUT2D eigenvalue weighted by Gasteiger charge is 2.45. The van der Waals surface area contributed by atoms with Gasteiger partial charge in [0.05, 0.1) is 14.2 Å². The van der Waals surface area contributed by atoms with Crippen molar-refractivity contribution >= 4 is 23.8 Å². The minimum Gasteiger partial charge on any atom is -0.452 e. The summed E-state index contributed by atoms with van der Waals surface area (Å²) >= 11 is 0. The Balaban J connectivity index is 1.78. The fourth-order valence-corrected chi connectivity index (χ4v) is 5.73. The van der Waals surface area contributed by atoms with E-state index < -0.39 is 24.0 Å². The number of benzene rings is 3. The Hall–Kier alpha value is -4.30. The summed E-state index contributed by atoms with van der Waals surface area (Å²) < 4.78 is 9.54. The normalized spacial score (nSPS) is 18.8. The largest absolute Gasteiger partial charge is 0.452 e. The van der Waals surface area contributed by atoms with E-state index in [0.717, 1.165) is 21.6 Å². The molecule has 214 valence electrons. The lowest BCUT2D eigenvalue weighted by Crippen LogP contribution is -2.52. The maximum atomic E-state index is 14.2. The van der Waals surface area contributed by atoms with E-state index in [4.69, 9.17) is 9.47 Å². The molecular weight excluding hydrogens is 520 g/mol. The molecule has 41 heavy (non-hydrogen) atoms. The average molecular weight is 557 g/mol. The van der Waals surface area contributed by atoms with Crippen LogP contribution in [0.5, 0.6) is 0 Å². The zero-order valence-electron chi connectivity index (χ0n) is 23.9. The highest BCUT2D eigenvalue weighted by atomic mass is 16.6. The second kappa shape index (κ2) is 13.4. The number of likely N-dealkylation sites (tertiary alicyclic amines) is 1. The molecule has 3 aromatic rings. The van der Waals surface area contributed by atoms with Crippen LogP contribution in [-0.2, 0) is 9.47 Å². The zero-order chi connectivity index (χ0) is 29.5. The predicted molar refractivity (Wildman–Crippen MR) is 155 cm³/mol.